The lowest BCUT2D eigenvalue weighted by Crippen LogP contribution is -1.84. The number of nitrogens with zero attached hydrogens (tertiary/aromatic N) is 4. The number of benzene rings is 3. The third kappa shape index (κ3) is 2.89. The Kier molecular flexibility index (Phi) is 4.37. The van der Waals surface area contributed by atoms with Gasteiger partial charge < -0.3 is 0 Å². The molecule has 138 valence electrons. The summed E-state index contributed by atoms with van der Waals surface area (Å²) >= 11 is 3.34. The highest BCUT2D eigenvalue weighted by atomic mass is 32.1. The summed E-state index contributed by atoms with van der Waals surface area (Å²) in [6, 6.07) is 17.3. The molecule has 0 saturated carbocycles. The molecular weight excluding hydrogens is 384 g/mol. The second-order valence-corrected chi connectivity index (χ2v) is 8.74. The lowest BCUT2D eigenvalue weighted by atomic mass is 9.97. The van der Waals surface area contributed by atoms with Gasteiger partial charge in [-0.1, -0.05) is 79.0 Å². The van der Waals surface area contributed by atoms with Gasteiger partial charge in [-0.3, -0.25) is 0 Å². The zero-order chi connectivity index (χ0) is 19.1. The molecule has 5 rings (SSSR count). The number of fused-ring (bicyclic) bond motifs is 3. The van der Waals surface area contributed by atoms with Gasteiger partial charge in [-0.05, 0) is 40.5 Å². The summed E-state index contributed by atoms with van der Waals surface area (Å²) in [6.45, 7) is 4.22. The van der Waals surface area contributed by atoms with Crippen LogP contribution in [0.5, 0.6) is 0 Å². The van der Waals surface area contributed by atoms with Crippen molar-refractivity contribution < 1.29 is 0 Å². The molecular formula is C22H18N4S2. The highest BCUT2D eigenvalue weighted by molar-refractivity contribution is 7.15. The molecule has 0 radical (unpaired) electrons. The highest BCUT2D eigenvalue weighted by Gasteiger charge is 2.12. The van der Waals surface area contributed by atoms with Gasteiger partial charge in [0.1, 0.15) is 20.0 Å². The first kappa shape index (κ1) is 17.4. The van der Waals surface area contributed by atoms with E-state index >= 15 is 0 Å². The molecule has 3 aromatic carbocycles. The topological polar surface area (TPSA) is 51.6 Å². The summed E-state index contributed by atoms with van der Waals surface area (Å²) in [5, 5.41) is 26.3. The van der Waals surface area contributed by atoms with E-state index in [9.17, 15) is 0 Å². The average Bonchev–Trinajstić information content (AvgIpc) is 3.42. The van der Waals surface area contributed by atoms with Crippen molar-refractivity contribution in [3.8, 4) is 21.1 Å². The van der Waals surface area contributed by atoms with Gasteiger partial charge in [0.25, 0.3) is 0 Å². The van der Waals surface area contributed by atoms with Crippen molar-refractivity contribution in [1.82, 2.24) is 20.4 Å². The van der Waals surface area contributed by atoms with Gasteiger partial charge in [0, 0.05) is 11.1 Å². The maximum absolute atomic E-state index is 4.42. The van der Waals surface area contributed by atoms with E-state index in [1.54, 1.807) is 22.7 Å². The van der Waals surface area contributed by atoms with Crippen molar-refractivity contribution in [3.63, 3.8) is 0 Å². The van der Waals surface area contributed by atoms with E-state index in [1.165, 1.54) is 21.5 Å². The Labute approximate surface area is 170 Å². The Morgan fingerprint density at radius 3 is 2.14 bits per heavy atom. The van der Waals surface area contributed by atoms with Gasteiger partial charge in [-0.2, -0.15) is 0 Å². The summed E-state index contributed by atoms with van der Waals surface area (Å²) < 4.78 is 0. The van der Waals surface area contributed by atoms with E-state index in [0.29, 0.717) is 0 Å². The average molecular weight is 403 g/mol. The van der Waals surface area contributed by atoms with Gasteiger partial charge >= 0.3 is 0 Å². The molecule has 0 N–H and O–H groups in total. The molecule has 28 heavy (non-hydrogen) atoms. The summed E-state index contributed by atoms with van der Waals surface area (Å²) in [7, 11) is 0. The second-order valence-electron chi connectivity index (χ2n) is 6.61. The molecule has 0 atom stereocenters. The first-order valence-corrected chi connectivity index (χ1v) is 11.0. The molecule has 4 nitrogen and oxygen atoms in total. The van der Waals surface area contributed by atoms with Crippen molar-refractivity contribution in [1.29, 1.82) is 0 Å². The zero-order valence-corrected chi connectivity index (χ0v) is 17.3. The SMILES string of the molecule is CCc1nnc(-c2ccc3ccc4c(-c5nnc(CC)s5)cccc4c3c2)s1. The lowest BCUT2D eigenvalue weighted by Gasteiger charge is -2.08. The Morgan fingerprint density at radius 1 is 0.679 bits per heavy atom. The van der Waals surface area contributed by atoms with Crippen LogP contribution in [0.3, 0.4) is 0 Å². The Bertz CT molecular complexity index is 1300. The monoisotopic (exact) mass is 402 g/mol. The minimum atomic E-state index is 0.913. The summed E-state index contributed by atoms with van der Waals surface area (Å²) in [5.74, 6) is 0. The van der Waals surface area contributed by atoms with E-state index in [0.717, 1.165) is 44.0 Å². The van der Waals surface area contributed by atoms with Crippen molar-refractivity contribution in [2.75, 3.05) is 0 Å². The first-order valence-electron chi connectivity index (χ1n) is 9.37. The van der Waals surface area contributed by atoms with Gasteiger partial charge in [-0.15, -0.1) is 20.4 Å². The predicted molar refractivity (Wildman–Crippen MR) is 118 cm³/mol. The zero-order valence-electron chi connectivity index (χ0n) is 15.6. The Hall–Kier alpha value is -2.70. The van der Waals surface area contributed by atoms with Crippen LogP contribution in [-0.4, -0.2) is 20.4 Å². The van der Waals surface area contributed by atoms with Crippen LogP contribution in [0, 0.1) is 0 Å². The maximum Gasteiger partial charge on any atom is 0.148 e. The smallest absolute Gasteiger partial charge is 0.143 e. The minimum Gasteiger partial charge on any atom is -0.143 e. The van der Waals surface area contributed by atoms with Crippen molar-refractivity contribution in [3.05, 3.63) is 58.5 Å². The molecule has 0 aliphatic rings. The van der Waals surface area contributed by atoms with Gasteiger partial charge in [0.15, 0.2) is 0 Å². The van der Waals surface area contributed by atoms with Gasteiger partial charge in [0.05, 0.1) is 0 Å². The summed E-state index contributed by atoms with van der Waals surface area (Å²) in [5.41, 5.74) is 2.26. The van der Waals surface area contributed by atoms with Crippen molar-refractivity contribution in [2.45, 2.75) is 26.7 Å². The van der Waals surface area contributed by atoms with Crippen LogP contribution in [0.4, 0.5) is 0 Å². The molecule has 0 saturated heterocycles. The molecule has 2 aromatic heterocycles. The standard InChI is InChI=1S/C22H18N4S2/c1-3-19-23-25-21(27-19)14-9-8-13-10-11-16-15(18(13)12-14)6-5-7-17(16)22-26-24-20(4-2)28-22/h5-12H,3-4H2,1-2H3. The van der Waals surface area contributed by atoms with Crippen LogP contribution >= 0.6 is 22.7 Å². The van der Waals surface area contributed by atoms with Crippen LogP contribution in [0.15, 0.2) is 48.5 Å². The second kappa shape index (κ2) is 7.04. The fraction of sp³-hybridized carbons (Fsp3) is 0.182. The third-order valence-electron chi connectivity index (χ3n) is 4.90. The molecule has 0 amide bonds. The fourth-order valence-electron chi connectivity index (χ4n) is 3.43. The van der Waals surface area contributed by atoms with Crippen molar-refractivity contribution >= 4 is 44.2 Å². The van der Waals surface area contributed by atoms with Gasteiger partial charge in [-0.25, -0.2) is 0 Å². The molecule has 0 bridgehead atoms. The minimum absolute atomic E-state index is 0.913. The molecule has 6 heteroatoms. The first-order chi connectivity index (χ1) is 13.8. The molecule has 0 unspecified atom stereocenters. The summed E-state index contributed by atoms with van der Waals surface area (Å²) in [6.07, 6.45) is 1.83. The Morgan fingerprint density at radius 2 is 1.39 bits per heavy atom. The summed E-state index contributed by atoms with van der Waals surface area (Å²) in [4.78, 5) is 0. The van der Waals surface area contributed by atoms with E-state index in [2.05, 4.69) is 82.8 Å². The highest BCUT2D eigenvalue weighted by Crippen LogP contribution is 2.36. The van der Waals surface area contributed by atoms with E-state index < -0.39 is 0 Å². The van der Waals surface area contributed by atoms with Crippen molar-refractivity contribution in [2.24, 2.45) is 0 Å². The largest absolute Gasteiger partial charge is 0.148 e. The molecule has 0 aliphatic carbocycles. The van der Waals surface area contributed by atoms with E-state index in [1.807, 2.05) is 0 Å². The molecule has 0 fully saturated rings. The maximum atomic E-state index is 4.42. The predicted octanol–water partition coefficient (Wildman–Crippen LogP) is 6.15. The van der Waals surface area contributed by atoms with E-state index in [-0.39, 0.29) is 0 Å². The van der Waals surface area contributed by atoms with Crippen LogP contribution in [0.1, 0.15) is 23.9 Å². The number of rotatable bonds is 4. The fourth-order valence-corrected chi connectivity index (χ4v) is 5.02. The van der Waals surface area contributed by atoms with Crippen LogP contribution in [0.25, 0.3) is 42.7 Å². The molecule has 2 heterocycles. The quantitative estimate of drug-likeness (QED) is 0.338. The van der Waals surface area contributed by atoms with Crippen LogP contribution in [-0.2, 0) is 12.8 Å². The third-order valence-corrected chi connectivity index (χ3v) is 7.11. The van der Waals surface area contributed by atoms with Crippen LogP contribution in [0.2, 0.25) is 0 Å². The normalized spacial score (nSPS) is 11.5. The number of aryl methyl sites for hydroxylation is 2. The van der Waals surface area contributed by atoms with Gasteiger partial charge in [0.2, 0.25) is 0 Å². The molecule has 0 aliphatic heterocycles. The molecule has 0 spiro atoms. The lowest BCUT2D eigenvalue weighted by molar-refractivity contribution is 0.986. The molecule has 5 aromatic rings. The number of hydrogen-bond acceptors (Lipinski definition) is 6. The number of aromatic nitrogens is 4. The number of hydrogen-bond donors (Lipinski definition) is 0. The van der Waals surface area contributed by atoms with Crippen LogP contribution < -0.4 is 0 Å². The van der Waals surface area contributed by atoms with E-state index in [4.69, 9.17) is 0 Å². The Balaban J connectivity index is 1.72.